The lowest BCUT2D eigenvalue weighted by atomic mass is 9.90. The first-order valence-corrected chi connectivity index (χ1v) is 7.10. The highest BCUT2D eigenvalue weighted by Gasteiger charge is 2.46. The Morgan fingerprint density at radius 2 is 2.00 bits per heavy atom. The van der Waals surface area contributed by atoms with Crippen LogP contribution in [0, 0.1) is 5.41 Å². The number of hydrogen-bond donors (Lipinski definition) is 1. The number of nitrogens with one attached hydrogen (secondary N) is 1. The van der Waals surface area contributed by atoms with Gasteiger partial charge in [-0.2, -0.15) is 0 Å². The Balaban J connectivity index is 2.33. The van der Waals surface area contributed by atoms with Crippen molar-refractivity contribution in [3.05, 3.63) is 23.8 Å². The molecule has 1 N–H and O–H groups in total. The molecule has 1 aliphatic carbocycles. The Kier molecular flexibility index (Phi) is 4.35. The highest BCUT2D eigenvalue weighted by molar-refractivity contribution is 5.43. The molecular formula is C16H25NO2. The molecule has 0 bridgehead atoms. The minimum Gasteiger partial charge on any atom is -0.497 e. The van der Waals surface area contributed by atoms with Crippen molar-refractivity contribution in [3.8, 4) is 11.5 Å². The molecule has 1 aliphatic rings. The van der Waals surface area contributed by atoms with Crippen molar-refractivity contribution in [3.63, 3.8) is 0 Å². The van der Waals surface area contributed by atoms with Gasteiger partial charge in [-0.05, 0) is 49.4 Å². The molecule has 1 aromatic carbocycles. The summed E-state index contributed by atoms with van der Waals surface area (Å²) in [5, 5.41) is 3.68. The molecule has 1 unspecified atom stereocenters. The van der Waals surface area contributed by atoms with Gasteiger partial charge in [0.1, 0.15) is 11.5 Å². The van der Waals surface area contributed by atoms with Crippen LogP contribution in [0.5, 0.6) is 11.5 Å². The fourth-order valence-corrected chi connectivity index (χ4v) is 2.57. The van der Waals surface area contributed by atoms with Gasteiger partial charge in [-0.15, -0.1) is 0 Å². The molecule has 1 atom stereocenters. The van der Waals surface area contributed by atoms with Crippen molar-refractivity contribution in [2.45, 2.75) is 39.2 Å². The summed E-state index contributed by atoms with van der Waals surface area (Å²) in [6.45, 7) is 5.57. The Hall–Kier alpha value is -1.22. The minimum absolute atomic E-state index is 0.345. The third kappa shape index (κ3) is 3.03. The second-order valence-corrected chi connectivity index (χ2v) is 5.65. The van der Waals surface area contributed by atoms with Gasteiger partial charge in [0, 0.05) is 11.6 Å². The third-order valence-electron chi connectivity index (χ3n) is 4.08. The summed E-state index contributed by atoms with van der Waals surface area (Å²) in [7, 11) is 3.44. The van der Waals surface area contributed by atoms with Gasteiger partial charge in [-0.3, -0.25) is 0 Å². The van der Waals surface area contributed by atoms with Crippen molar-refractivity contribution >= 4 is 0 Å². The predicted octanol–water partition coefficient (Wildman–Crippen LogP) is 3.54. The molecule has 0 saturated heterocycles. The van der Waals surface area contributed by atoms with Gasteiger partial charge in [-0.1, -0.05) is 13.8 Å². The van der Waals surface area contributed by atoms with Crippen LogP contribution >= 0.6 is 0 Å². The Labute approximate surface area is 116 Å². The maximum Gasteiger partial charge on any atom is 0.123 e. The van der Waals surface area contributed by atoms with E-state index < -0.39 is 0 Å². The van der Waals surface area contributed by atoms with E-state index in [4.69, 9.17) is 9.47 Å². The van der Waals surface area contributed by atoms with Crippen molar-refractivity contribution in [2.75, 3.05) is 20.8 Å². The lowest BCUT2D eigenvalue weighted by Gasteiger charge is -2.27. The van der Waals surface area contributed by atoms with Crippen LogP contribution in [-0.2, 0) is 0 Å². The van der Waals surface area contributed by atoms with E-state index in [2.05, 4.69) is 25.2 Å². The molecule has 0 spiro atoms. The highest BCUT2D eigenvalue weighted by Crippen LogP contribution is 2.56. The van der Waals surface area contributed by atoms with E-state index >= 15 is 0 Å². The van der Waals surface area contributed by atoms with Crippen LogP contribution in [0.3, 0.4) is 0 Å². The smallest absolute Gasteiger partial charge is 0.123 e. The zero-order valence-electron chi connectivity index (χ0n) is 12.5. The van der Waals surface area contributed by atoms with Crippen LogP contribution < -0.4 is 14.8 Å². The molecular weight excluding hydrogens is 238 g/mol. The van der Waals surface area contributed by atoms with Crippen LogP contribution in [-0.4, -0.2) is 20.8 Å². The number of methoxy groups -OCH3 is 2. The number of hydrogen-bond acceptors (Lipinski definition) is 3. The topological polar surface area (TPSA) is 30.5 Å². The summed E-state index contributed by atoms with van der Waals surface area (Å²) in [6, 6.07) is 6.41. The molecule has 3 nitrogen and oxygen atoms in total. The van der Waals surface area contributed by atoms with E-state index in [1.807, 2.05) is 12.1 Å². The van der Waals surface area contributed by atoms with Crippen molar-refractivity contribution in [2.24, 2.45) is 5.41 Å². The van der Waals surface area contributed by atoms with E-state index in [1.165, 1.54) is 18.4 Å². The van der Waals surface area contributed by atoms with Crippen LogP contribution in [0.15, 0.2) is 18.2 Å². The number of rotatable bonds is 7. The zero-order chi connectivity index (χ0) is 13.9. The molecule has 1 saturated carbocycles. The highest BCUT2D eigenvalue weighted by atomic mass is 16.5. The van der Waals surface area contributed by atoms with E-state index in [1.54, 1.807) is 14.2 Å². The molecule has 3 heteroatoms. The molecule has 0 aliphatic heterocycles. The fourth-order valence-electron chi connectivity index (χ4n) is 2.57. The molecule has 1 fully saturated rings. The van der Waals surface area contributed by atoms with Crippen LogP contribution in [0.2, 0.25) is 0 Å². The third-order valence-corrected chi connectivity index (χ3v) is 4.08. The van der Waals surface area contributed by atoms with Gasteiger partial charge in [0.2, 0.25) is 0 Å². The molecule has 106 valence electrons. The second kappa shape index (κ2) is 5.83. The van der Waals surface area contributed by atoms with Crippen LogP contribution in [0.25, 0.3) is 0 Å². The standard InChI is InChI=1S/C16H25NO2/c1-5-10-17-15(16(2)8-9-16)13-11-12(18-3)6-7-14(13)19-4/h6-7,11,15,17H,5,8-10H2,1-4H3. The fraction of sp³-hybridized carbons (Fsp3) is 0.625. The van der Waals surface area contributed by atoms with Gasteiger partial charge in [0.25, 0.3) is 0 Å². The lowest BCUT2D eigenvalue weighted by molar-refractivity contribution is 0.339. The van der Waals surface area contributed by atoms with Gasteiger partial charge in [-0.25, -0.2) is 0 Å². The lowest BCUT2D eigenvalue weighted by Crippen LogP contribution is -2.29. The molecule has 0 amide bonds. The molecule has 0 heterocycles. The zero-order valence-corrected chi connectivity index (χ0v) is 12.5. The van der Waals surface area contributed by atoms with E-state index in [9.17, 15) is 0 Å². The predicted molar refractivity (Wildman–Crippen MR) is 77.9 cm³/mol. The molecule has 19 heavy (non-hydrogen) atoms. The molecule has 0 radical (unpaired) electrons. The Bertz CT molecular complexity index is 427. The van der Waals surface area contributed by atoms with E-state index in [-0.39, 0.29) is 0 Å². The average molecular weight is 263 g/mol. The first-order valence-electron chi connectivity index (χ1n) is 7.10. The summed E-state index contributed by atoms with van der Waals surface area (Å²) in [6.07, 6.45) is 3.68. The van der Waals surface area contributed by atoms with Crippen molar-refractivity contribution in [1.29, 1.82) is 0 Å². The SMILES string of the molecule is CCCNC(c1cc(OC)ccc1OC)C1(C)CC1. The summed E-state index contributed by atoms with van der Waals surface area (Å²) < 4.78 is 10.9. The first-order chi connectivity index (χ1) is 9.14. The van der Waals surface area contributed by atoms with Crippen molar-refractivity contribution in [1.82, 2.24) is 5.32 Å². The average Bonchev–Trinajstić information content (AvgIpc) is 3.17. The van der Waals surface area contributed by atoms with Crippen LogP contribution in [0.4, 0.5) is 0 Å². The molecule has 0 aromatic heterocycles. The van der Waals surface area contributed by atoms with E-state index in [0.717, 1.165) is 24.5 Å². The first kappa shape index (κ1) is 14.2. The molecule has 2 rings (SSSR count). The summed E-state index contributed by atoms with van der Waals surface area (Å²) >= 11 is 0. The summed E-state index contributed by atoms with van der Waals surface area (Å²) in [5.74, 6) is 1.84. The monoisotopic (exact) mass is 263 g/mol. The second-order valence-electron chi connectivity index (χ2n) is 5.65. The maximum absolute atomic E-state index is 5.53. The Morgan fingerprint density at radius 3 is 2.53 bits per heavy atom. The number of ether oxygens (including phenoxy) is 2. The van der Waals surface area contributed by atoms with Crippen molar-refractivity contribution < 1.29 is 9.47 Å². The van der Waals surface area contributed by atoms with E-state index in [0.29, 0.717) is 11.5 Å². The van der Waals surface area contributed by atoms with Gasteiger partial charge >= 0.3 is 0 Å². The summed E-state index contributed by atoms with van der Waals surface area (Å²) in [4.78, 5) is 0. The van der Waals surface area contributed by atoms with Gasteiger partial charge < -0.3 is 14.8 Å². The van der Waals surface area contributed by atoms with Gasteiger partial charge in [0.05, 0.1) is 14.2 Å². The Morgan fingerprint density at radius 1 is 1.26 bits per heavy atom. The summed E-state index contributed by atoms with van der Waals surface area (Å²) in [5.41, 5.74) is 1.57. The maximum atomic E-state index is 5.53. The molecule has 1 aromatic rings. The minimum atomic E-state index is 0.345. The normalized spacial score (nSPS) is 17.9. The van der Waals surface area contributed by atoms with Gasteiger partial charge in [0.15, 0.2) is 0 Å². The quantitative estimate of drug-likeness (QED) is 0.816. The number of benzene rings is 1. The largest absolute Gasteiger partial charge is 0.497 e. The van der Waals surface area contributed by atoms with Crippen LogP contribution in [0.1, 0.15) is 44.7 Å².